The summed E-state index contributed by atoms with van der Waals surface area (Å²) in [6.07, 6.45) is 1.54. The predicted molar refractivity (Wildman–Crippen MR) is 97.3 cm³/mol. The first-order chi connectivity index (χ1) is 12.7. The first-order valence-corrected chi connectivity index (χ1v) is 8.59. The molecule has 26 heavy (non-hydrogen) atoms. The number of nitrogens with one attached hydrogen (secondary N) is 1. The van der Waals surface area contributed by atoms with Crippen LogP contribution >= 0.6 is 11.6 Å². The first kappa shape index (κ1) is 16.6. The van der Waals surface area contributed by atoms with Gasteiger partial charge in [0.05, 0.1) is 19.4 Å². The lowest BCUT2D eigenvalue weighted by Gasteiger charge is -2.29. The number of hydrogen-bond acceptors (Lipinski definition) is 7. The second kappa shape index (κ2) is 7.15. The third-order valence-electron chi connectivity index (χ3n) is 4.14. The lowest BCUT2D eigenvalue weighted by molar-refractivity contribution is 0.122. The van der Waals surface area contributed by atoms with Gasteiger partial charge in [0, 0.05) is 24.7 Å². The Morgan fingerprint density at radius 3 is 2.73 bits per heavy atom. The highest BCUT2D eigenvalue weighted by atomic mass is 35.5. The number of aromatic nitrogens is 4. The molecule has 1 aliphatic heterocycles. The zero-order valence-electron chi connectivity index (χ0n) is 13.9. The van der Waals surface area contributed by atoms with Crippen LogP contribution in [0.3, 0.4) is 0 Å². The summed E-state index contributed by atoms with van der Waals surface area (Å²) in [5, 5.41) is 17.8. The molecule has 2 aromatic heterocycles. The van der Waals surface area contributed by atoms with Crippen LogP contribution in [0.25, 0.3) is 5.78 Å². The summed E-state index contributed by atoms with van der Waals surface area (Å²) >= 11 is 5.91. The molecule has 1 aromatic carbocycles. The van der Waals surface area contributed by atoms with E-state index in [1.54, 1.807) is 4.52 Å². The van der Waals surface area contributed by atoms with Crippen molar-refractivity contribution in [1.29, 1.82) is 5.26 Å². The number of nitrogens with zero attached hydrogens (tertiary/aromatic N) is 6. The molecule has 0 spiro atoms. The summed E-state index contributed by atoms with van der Waals surface area (Å²) in [5.74, 6) is 1.61. The number of halogens is 1. The Labute approximate surface area is 155 Å². The van der Waals surface area contributed by atoms with Crippen LogP contribution in [-0.4, -0.2) is 45.9 Å². The van der Waals surface area contributed by atoms with Crippen LogP contribution in [0.4, 0.5) is 11.8 Å². The summed E-state index contributed by atoms with van der Waals surface area (Å²) in [6.45, 7) is 3.19. The molecule has 0 radical (unpaired) electrons. The van der Waals surface area contributed by atoms with Gasteiger partial charge in [-0.3, -0.25) is 0 Å². The lowest BCUT2D eigenvalue weighted by Crippen LogP contribution is -2.38. The van der Waals surface area contributed by atoms with E-state index in [2.05, 4.69) is 31.4 Å². The van der Waals surface area contributed by atoms with Crippen LogP contribution in [-0.2, 0) is 11.3 Å². The van der Waals surface area contributed by atoms with E-state index in [0.29, 0.717) is 61.0 Å². The fourth-order valence-corrected chi connectivity index (χ4v) is 2.97. The Morgan fingerprint density at radius 2 is 2.00 bits per heavy atom. The smallest absolute Gasteiger partial charge is 0.255 e. The maximum atomic E-state index is 9.45. The highest BCUT2D eigenvalue weighted by Crippen LogP contribution is 2.22. The minimum atomic E-state index is 0.448. The van der Waals surface area contributed by atoms with Crippen LogP contribution in [0.15, 0.2) is 30.5 Å². The van der Waals surface area contributed by atoms with Crippen molar-refractivity contribution in [2.45, 2.75) is 6.54 Å². The molecule has 1 aliphatic rings. The average Bonchev–Trinajstić information content (AvgIpc) is 3.10. The second-order valence-corrected chi connectivity index (χ2v) is 6.27. The first-order valence-electron chi connectivity index (χ1n) is 8.21. The van der Waals surface area contributed by atoms with Gasteiger partial charge in [-0.2, -0.15) is 14.8 Å². The van der Waals surface area contributed by atoms with Crippen LogP contribution in [0.5, 0.6) is 0 Å². The maximum absolute atomic E-state index is 9.45. The molecular weight excluding hydrogens is 354 g/mol. The number of rotatable bonds is 4. The summed E-state index contributed by atoms with van der Waals surface area (Å²) in [4.78, 5) is 10.7. The summed E-state index contributed by atoms with van der Waals surface area (Å²) in [5.41, 5.74) is 1.53. The SMILES string of the molecule is N#Cc1cnc2nc(NCc3ccc(Cl)cc3)nn2c1N1CCOCC1. The summed E-state index contributed by atoms with van der Waals surface area (Å²) < 4.78 is 7.02. The largest absolute Gasteiger partial charge is 0.378 e. The average molecular weight is 370 g/mol. The molecule has 0 atom stereocenters. The van der Waals surface area contributed by atoms with Crippen molar-refractivity contribution in [2.75, 3.05) is 36.5 Å². The number of anilines is 2. The van der Waals surface area contributed by atoms with Crippen LogP contribution in [0.1, 0.15) is 11.1 Å². The molecule has 9 heteroatoms. The highest BCUT2D eigenvalue weighted by molar-refractivity contribution is 6.30. The fraction of sp³-hybridized carbons (Fsp3) is 0.294. The van der Waals surface area contributed by atoms with Crippen molar-refractivity contribution in [2.24, 2.45) is 0 Å². The zero-order chi connectivity index (χ0) is 17.9. The Kier molecular flexibility index (Phi) is 4.56. The normalized spacial score (nSPS) is 14.4. The number of nitriles is 1. The summed E-state index contributed by atoms with van der Waals surface area (Å²) in [7, 11) is 0. The van der Waals surface area contributed by atoms with Crippen LogP contribution in [0.2, 0.25) is 5.02 Å². The van der Waals surface area contributed by atoms with Gasteiger partial charge in [0.25, 0.3) is 5.78 Å². The highest BCUT2D eigenvalue weighted by Gasteiger charge is 2.21. The molecule has 3 aromatic rings. The number of ether oxygens (including phenoxy) is 1. The number of hydrogen-bond donors (Lipinski definition) is 1. The Bertz CT molecular complexity index is 958. The fourth-order valence-electron chi connectivity index (χ4n) is 2.84. The van der Waals surface area contributed by atoms with Crippen LogP contribution < -0.4 is 10.2 Å². The van der Waals surface area contributed by atoms with Crippen molar-refractivity contribution in [3.8, 4) is 6.07 Å². The number of morpholine rings is 1. The van der Waals surface area contributed by atoms with E-state index in [9.17, 15) is 5.26 Å². The predicted octanol–water partition coefficient (Wildman–Crippen LogP) is 2.10. The lowest BCUT2D eigenvalue weighted by atomic mass is 10.2. The van der Waals surface area contributed by atoms with E-state index in [-0.39, 0.29) is 0 Å². The van der Waals surface area contributed by atoms with Crippen LogP contribution in [0, 0.1) is 11.3 Å². The quantitative estimate of drug-likeness (QED) is 0.752. The van der Waals surface area contributed by atoms with Crippen molar-refractivity contribution < 1.29 is 4.74 Å². The monoisotopic (exact) mass is 369 g/mol. The van der Waals surface area contributed by atoms with E-state index < -0.39 is 0 Å². The van der Waals surface area contributed by atoms with Gasteiger partial charge in [0.1, 0.15) is 11.6 Å². The molecule has 1 N–H and O–H groups in total. The van der Waals surface area contributed by atoms with Gasteiger partial charge >= 0.3 is 0 Å². The third kappa shape index (κ3) is 3.27. The molecule has 132 valence electrons. The molecule has 0 aliphatic carbocycles. The minimum Gasteiger partial charge on any atom is -0.378 e. The van der Waals surface area contributed by atoms with E-state index in [0.717, 1.165) is 5.56 Å². The number of fused-ring (bicyclic) bond motifs is 1. The Morgan fingerprint density at radius 1 is 1.23 bits per heavy atom. The van der Waals surface area contributed by atoms with Gasteiger partial charge < -0.3 is 15.0 Å². The van der Waals surface area contributed by atoms with Gasteiger partial charge in [-0.25, -0.2) is 4.98 Å². The van der Waals surface area contributed by atoms with Crippen molar-refractivity contribution in [3.63, 3.8) is 0 Å². The molecule has 0 bridgehead atoms. The van der Waals surface area contributed by atoms with Crippen molar-refractivity contribution >= 4 is 29.1 Å². The van der Waals surface area contributed by atoms with Gasteiger partial charge in [0.2, 0.25) is 5.95 Å². The van der Waals surface area contributed by atoms with E-state index >= 15 is 0 Å². The molecule has 0 saturated carbocycles. The molecule has 1 saturated heterocycles. The van der Waals surface area contributed by atoms with Crippen molar-refractivity contribution in [1.82, 2.24) is 19.6 Å². The molecule has 0 amide bonds. The molecule has 1 fully saturated rings. The maximum Gasteiger partial charge on any atom is 0.255 e. The van der Waals surface area contributed by atoms with Gasteiger partial charge in [-0.05, 0) is 17.7 Å². The topological polar surface area (TPSA) is 91.4 Å². The second-order valence-electron chi connectivity index (χ2n) is 5.83. The van der Waals surface area contributed by atoms with Crippen molar-refractivity contribution in [3.05, 3.63) is 46.6 Å². The van der Waals surface area contributed by atoms with Gasteiger partial charge in [0.15, 0.2) is 5.82 Å². The van der Waals surface area contributed by atoms with Gasteiger partial charge in [-0.1, -0.05) is 23.7 Å². The molecule has 3 heterocycles. The standard InChI is InChI=1S/C17H16ClN7O/c18-14-3-1-12(2-4-14)10-20-16-22-17-21-11-13(9-19)15(25(17)23-16)24-5-7-26-8-6-24/h1-4,11H,5-8,10H2,(H,20,23). The van der Waals surface area contributed by atoms with E-state index in [1.807, 2.05) is 24.3 Å². The minimum absolute atomic E-state index is 0.448. The molecule has 4 rings (SSSR count). The molecular formula is C17H16ClN7O. The third-order valence-corrected chi connectivity index (χ3v) is 4.39. The molecule has 0 unspecified atom stereocenters. The molecule has 8 nitrogen and oxygen atoms in total. The Balaban J connectivity index is 1.63. The Hall–Kier alpha value is -2.89. The zero-order valence-corrected chi connectivity index (χ0v) is 14.6. The number of benzene rings is 1. The summed E-state index contributed by atoms with van der Waals surface area (Å²) in [6, 6.07) is 9.75. The van der Waals surface area contributed by atoms with E-state index in [4.69, 9.17) is 16.3 Å². The van der Waals surface area contributed by atoms with E-state index in [1.165, 1.54) is 6.20 Å². The van der Waals surface area contributed by atoms with Gasteiger partial charge in [-0.15, -0.1) is 5.10 Å².